The molecule has 0 amide bonds. The summed E-state index contributed by atoms with van der Waals surface area (Å²) in [6.07, 6.45) is 8.60. The molecule has 0 radical (unpaired) electrons. The Morgan fingerprint density at radius 1 is 0.912 bits per heavy atom. The van der Waals surface area contributed by atoms with E-state index in [2.05, 4.69) is 86.4 Å². The third kappa shape index (κ3) is 3.76. The molecule has 34 heavy (non-hydrogen) atoms. The fourth-order valence-electron chi connectivity index (χ4n) is 6.49. The Balaban J connectivity index is 1.20. The molecule has 6 nitrogen and oxygen atoms in total. The number of H-pyrrole nitrogens is 1. The number of nitrogens with zero attached hydrogens (tertiary/aromatic N) is 3. The summed E-state index contributed by atoms with van der Waals surface area (Å²) in [5.41, 5.74) is 12.2. The number of hydrogen-bond acceptors (Lipinski definition) is 5. The molecule has 0 spiro atoms. The van der Waals surface area contributed by atoms with Gasteiger partial charge < -0.3 is 11.1 Å². The molecule has 0 unspecified atom stereocenters. The minimum Gasteiger partial charge on any atom is -0.384 e. The largest absolute Gasteiger partial charge is 0.384 e. The highest BCUT2D eigenvalue weighted by molar-refractivity contribution is 5.77. The molecule has 7 rings (SSSR count). The monoisotopic (exact) mass is 452 g/mol. The van der Waals surface area contributed by atoms with E-state index in [1.807, 2.05) is 6.07 Å². The molecule has 2 bridgehead atoms. The first-order chi connectivity index (χ1) is 16.7. The first-order valence-corrected chi connectivity index (χ1v) is 12.5. The van der Waals surface area contributed by atoms with Gasteiger partial charge in [0.2, 0.25) is 0 Å². The van der Waals surface area contributed by atoms with Crippen molar-refractivity contribution in [1.82, 2.24) is 25.7 Å². The van der Waals surface area contributed by atoms with Crippen LogP contribution in [0.25, 0.3) is 11.2 Å². The van der Waals surface area contributed by atoms with Crippen molar-refractivity contribution in [2.75, 3.05) is 12.3 Å². The number of benzene rings is 2. The van der Waals surface area contributed by atoms with E-state index in [9.17, 15) is 0 Å². The summed E-state index contributed by atoms with van der Waals surface area (Å²) in [4.78, 5) is 4.37. The number of hydrogen-bond donors (Lipinski definition) is 3. The molecule has 3 fully saturated rings. The zero-order valence-electron chi connectivity index (χ0n) is 19.5. The average Bonchev–Trinajstić information content (AvgIpc) is 3.37. The highest BCUT2D eigenvalue weighted by Gasteiger charge is 2.48. The summed E-state index contributed by atoms with van der Waals surface area (Å²) in [7, 11) is 0. The number of pyridine rings is 1. The third-order valence-electron chi connectivity index (χ3n) is 8.49. The smallest absolute Gasteiger partial charge is 0.178 e. The van der Waals surface area contributed by atoms with E-state index < -0.39 is 0 Å². The van der Waals surface area contributed by atoms with Crippen LogP contribution in [0.2, 0.25) is 0 Å². The van der Waals surface area contributed by atoms with Crippen molar-refractivity contribution in [3.8, 4) is 0 Å². The normalized spacial score (nSPS) is 24.9. The van der Waals surface area contributed by atoms with Gasteiger partial charge in [-0.2, -0.15) is 0 Å². The molecular weight excluding hydrogens is 420 g/mol. The lowest BCUT2D eigenvalue weighted by atomic mass is 9.55. The number of fused-ring (bicyclic) bond motifs is 4. The minimum atomic E-state index is 0.179. The van der Waals surface area contributed by atoms with E-state index in [1.165, 1.54) is 44.1 Å². The first-order valence-electron chi connectivity index (χ1n) is 12.5. The van der Waals surface area contributed by atoms with Crippen LogP contribution in [-0.4, -0.2) is 32.5 Å². The number of aromatic amines is 1. The molecule has 4 N–H and O–H groups in total. The second-order valence-electron chi connectivity index (χ2n) is 10.3. The Morgan fingerprint density at radius 3 is 2.29 bits per heavy atom. The van der Waals surface area contributed by atoms with Crippen LogP contribution in [0.4, 0.5) is 5.82 Å². The van der Waals surface area contributed by atoms with E-state index in [4.69, 9.17) is 5.73 Å². The average molecular weight is 453 g/mol. The number of nitrogens with one attached hydrogen (secondary N) is 2. The first kappa shape index (κ1) is 21.3. The fourth-order valence-corrected chi connectivity index (χ4v) is 6.49. The molecule has 2 aromatic carbocycles. The van der Waals surface area contributed by atoms with Gasteiger partial charge in [0.25, 0.3) is 0 Å². The standard InChI is InChI=1S/C28H32N6/c29-24-19-23(25-26(31-24)33-34-32-25)22(20-7-3-1-4-8-20)11-18-30-28-15-12-27(13-16-28,14-17-28)21-9-5-2-6-10-21/h1-10,19,22,30H,11-18H2,(H3,29,31,32,33,34)/t22-,27?,28?/m0/s1. The van der Waals surface area contributed by atoms with Crippen LogP contribution in [0, 0.1) is 0 Å². The maximum Gasteiger partial charge on any atom is 0.178 e. The summed E-state index contributed by atoms with van der Waals surface area (Å²) < 4.78 is 0. The van der Waals surface area contributed by atoms with E-state index in [0.717, 1.165) is 24.0 Å². The maximum atomic E-state index is 6.15. The Bertz CT molecular complexity index is 1240. The van der Waals surface area contributed by atoms with Crippen molar-refractivity contribution < 1.29 is 0 Å². The predicted molar refractivity (Wildman–Crippen MR) is 136 cm³/mol. The molecule has 3 aliphatic rings. The Hall–Kier alpha value is -3.25. The van der Waals surface area contributed by atoms with Crippen LogP contribution in [-0.2, 0) is 5.41 Å². The van der Waals surface area contributed by atoms with Gasteiger partial charge in [0.15, 0.2) is 5.65 Å². The molecule has 4 aromatic rings. The fraction of sp³-hybridized carbons (Fsp3) is 0.393. The SMILES string of the molecule is Nc1cc([C@@H](CCNC23CCC(c4ccccc4)(CC2)CC3)c2ccccc2)c2nn[nH]c2n1. The van der Waals surface area contributed by atoms with Crippen molar-refractivity contribution in [3.63, 3.8) is 0 Å². The maximum absolute atomic E-state index is 6.15. The molecule has 2 heterocycles. The van der Waals surface area contributed by atoms with E-state index in [1.54, 1.807) is 5.56 Å². The van der Waals surface area contributed by atoms with Crippen LogP contribution >= 0.6 is 0 Å². The van der Waals surface area contributed by atoms with Crippen LogP contribution in [0.3, 0.4) is 0 Å². The van der Waals surface area contributed by atoms with Gasteiger partial charge in [0, 0.05) is 11.5 Å². The molecule has 3 saturated carbocycles. The Kier molecular flexibility index (Phi) is 5.33. The van der Waals surface area contributed by atoms with Gasteiger partial charge in [0.1, 0.15) is 11.3 Å². The van der Waals surface area contributed by atoms with Crippen molar-refractivity contribution >= 4 is 17.0 Å². The lowest BCUT2D eigenvalue weighted by Gasteiger charge is -2.54. The van der Waals surface area contributed by atoms with Crippen LogP contribution in [0.5, 0.6) is 0 Å². The number of rotatable bonds is 7. The van der Waals surface area contributed by atoms with Crippen LogP contribution < -0.4 is 11.1 Å². The van der Waals surface area contributed by atoms with E-state index in [0.29, 0.717) is 16.9 Å². The summed E-state index contributed by atoms with van der Waals surface area (Å²) in [5.74, 6) is 0.677. The third-order valence-corrected chi connectivity index (χ3v) is 8.49. The van der Waals surface area contributed by atoms with Crippen molar-refractivity contribution in [2.24, 2.45) is 0 Å². The van der Waals surface area contributed by atoms with Crippen LogP contribution in [0.1, 0.15) is 67.6 Å². The van der Waals surface area contributed by atoms with Crippen LogP contribution in [0.15, 0.2) is 66.7 Å². The Morgan fingerprint density at radius 2 is 1.59 bits per heavy atom. The Labute approximate surface area is 200 Å². The number of aromatic nitrogens is 4. The topological polar surface area (TPSA) is 92.5 Å². The van der Waals surface area contributed by atoms with Gasteiger partial charge in [-0.05, 0) is 79.7 Å². The zero-order valence-corrected chi connectivity index (χ0v) is 19.5. The van der Waals surface area contributed by atoms with Gasteiger partial charge in [-0.3, -0.25) is 0 Å². The summed E-state index contributed by atoms with van der Waals surface area (Å²) >= 11 is 0. The molecule has 1 atom stereocenters. The highest BCUT2D eigenvalue weighted by Crippen LogP contribution is 2.53. The van der Waals surface area contributed by atoms with E-state index in [-0.39, 0.29) is 11.5 Å². The van der Waals surface area contributed by atoms with Gasteiger partial charge in [-0.1, -0.05) is 65.9 Å². The predicted octanol–water partition coefficient (Wildman–Crippen LogP) is 5.09. The van der Waals surface area contributed by atoms with Gasteiger partial charge in [0.05, 0.1) is 0 Å². The molecule has 0 saturated heterocycles. The molecular formula is C28H32N6. The summed E-state index contributed by atoms with van der Waals surface area (Å²) in [6.45, 7) is 0.958. The lowest BCUT2D eigenvalue weighted by molar-refractivity contribution is 0.0770. The summed E-state index contributed by atoms with van der Waals surface area (Å²) in [5, 5.41) is 15.2. The minimum absolute atomic E-state index is 0.179. The zero-order chi connectivity index (χ0) is 23.0. The second-order valence-corrected chi connectivity index (χ2v) is 10.3. The van der Waals surface area contributed by atoms with Gasteiger partial charge >= 0.3 is 0 Å². The number of nitrogen functional groups attached to an aromatic ring is 1. The van der Waals surface area contributed by atoms with Crippen molar-refractivity contribution in [3.05, 3.63) is 83.4 Å². The highest BCUT2D eigenvalue weighted by atomic mass is 15.3. The quantitative estimate of drug-likeness (QED) is 0.363. The van der Waals surface area contributed by atoms with Gasteiger partial charge in [-0.15, -0.1) is 5.10 Å². The van der Waals surface area contributed by atoms with Crippen molar-refractivity contribution in [1.29, 1.82) is 0 Å². The molecule has 0 aliphatic heterocycles. The van der Waals surface area contributed by atoms with Gasteiger partial charge in [-0.25, -0.2) is 10.1 Å². The molecule has 6 heteroatoms. The second kappa shape index (κ2) is 8.51. The van der Waals surface area contributed by atoms with Crippen molar-refractivity contribution in [2.45, 2.75) is 61.8 Å². The number of anilines is 1. The van der Waals surface area contributed by atoms with E-state index >= 15 is 0 Å². The molecule has 3 aliphatic carbocycles. The molecule has 2 aromatic heterocycles. The lowest BCUT2D eigenvalue weighted by Crippen LogP contribution is -2.56. The summed E-state index contributed by atoms with van der Waals surface area (Å²) in [6, 6.07) is 23.8. The number of nitrogens with two attached hydrogens (primary N) is 1. The molecule has 174 valence electrons.